The molecule has 0 amide bonds. The summed E-state index contributed by atoms with van der Waals surface area (Å²) in [4.78, 5) is 0. The molecule has 0 aliphatic rings. The zero-order valence-electron chi connectivity index (χ0n) is 22.1. The number of aliphatic hydroxyl groups excluding tert-OH is 1. The van der Waals surface area contributed by atoms with Gasteiger partial charge in [0.1, 0.15) is 12.4 Å². The van der Waals surface area contributed by atoms with Crippen molar-refractivity contribution in [1.82, 2.24) is 0 Å². The lowest BCUT2D eigenvalue weighted by Gasteiger charge is -2.35. The summed E-state index contributed by atoms with van der Waals surface area (Å²) >= 11 is 0. The smallest absolute Gasteiger partial charge is 0.127 e. The molecule has 3 aromatic rings. The van der Waals surface area contributed by atoms with E-state index in [1.807, 2.05) is 13.0 Å². The van der Waals surface area contributed by atoms with E-state index in [1.165, 1.54) is 33.1 Å². The predicted molar refractivity (Wildman–Crippen MR) is 148 cm³/mol. The van der Waals surface area contributed by atoms with E-state index < -0.39 is 6.10 Å². The van der Waals surface area contributed by atoms with E-state index in [1.54, 1.807) is 0 Å². The highest BCUT2D eigenvalue weighted by Crippen LogP contribution is 2.51. The van der Waals surface area contributed by atoms with Gasteiger partial charge in [-0.3, -0.25) is 0 Å². The Labute approximate surface area is 208 Å². The van der Waals surface area contributed by atoms with Crippen LogP contribution in [0.3, 0.4) is 0 Å². The third kappa shape index (κ3) is 6.09. The lowest BCUT2D eigenvalue weighted by molar-refractivity contribution is 0.200. The van der Waals surface area contributed by atoms with E-state index >= 15 is 0 Å². The lowest BCUT2D eigenvalue weighted by atomic mass is 9.81. The second-order valence-electron chi connectivity index (χ2n) is 10.8. The Hall–Kier alpha value is -2.15. The van der Waals surface area contributed by atoms with Crippen molar-refractivity contribution >= 4 is 13.9 Å². The van der Waals surface area contributed by atoms with Crippen molar-refractivity contribution in [3.63, 3.8) is 0 Å². The summed E-state index contributed by atoms with van der Waals surface area (Å²) in [7, 11) is 0.517. The van der Waals surface area contributed by atoms with Gasteiger partial charge < -0.3 is 9.84 Å². The van der Waals surface area contributed by atoms with Crippen molar-refractivity contribution < 1.29 is 9.84 Å². The van der Waals surface area contributed by atoms with Crippen LogP contribution in [-0.2, 0) is 17.2 Å². The first-order chi connectivity index (χ1) is 15.9. The summed E-state index contributed by atoms with van der Waals surface area (Å²) < 4.78 is 6.67. The molecule has 0 bridgehead atoms. The maximum atomic E-state index is 10.5. The third-order valence-corrected chi connectivity index (χ3v) is 8.54. The number of aryl methyl sites for hydroxylation is 2. The maximum Gasteiger partial charge on any atom is 0.127 e. The number of hydrogen-bond acceptors (Lipinski definition) is 2. The zero-order valence-corrected chi connectivity index (χ0v) is 23.1. The number of aliphatic hydroxyl groups is 1. The second-order valence-corrected chi connectivity index (χ2v) is 12.7. The van der Waals surface area contributed by atoms with Gasteiger partial charge in [0.25, 0.3) is 0 Å². The molecule has 0 saturated heterocycles. The Morgan fingerprint density at radius 1 is 0.882 bits per heavy atom. The van der Waals surface area contributed by atoms with E-state index in [0.717, 1.165) is 17.7 Å². The Kier molecular flexibility index (Phi) is 8.27. The minimum Gasteiger partial charge on any atom is -0.488 e. The van der Waals surface area contributed by atoms with Crippen LogP contribution in [0, 0.1) is 13.8 Å². The lowest BCUT2D eigenvalue weighted by Crippen LogP contribution is -2.24. The van der Waals surface area contributed by atoms with Crippen LogP contribution in [0.25, 0.3) is 0 Å². The van der Waals surface area contributed by atoms with Gasteiger partial charge in [-0.2, -0.15) is 0 Å². The Bertz CT molecular complexity index is 1110. The minimum atomic E-state index is -0.486. The topological polar surface area (TPSA) is 29.5 Å². The van der Waals surface area contributed by atoms with E-state index in [4.69, 9.17) is 4.74 Å². The zero-order chi connectivity index (χ0) is 25.1. The molecule has 3 atom stereocenters. The fourth-order valence-corrected chi connectivity index (χ4v) is 6.09. The molecule has 1 N–H and O–H groups in total. The average molecular weight is 477 g/mol. The molecule has 0 saturated carbocycles. The molecular formula is C31H41O2P. The summed E-state index contributed by atoms with van der Waals surface area (Å²) in [6.45, 7) is 18.1. The minimum absolute atomic E-state index is 0.0425. The molecule has 0 radical (unpaired) electrons. The van der Waals surface area contributed by atoms with E-state index in [-0.39, 0.29) is 10.6 Å². The van der Waals surface area contributed by atoms with E-state index in [2.05, 4.69) is 103 Å². The largest absolute Gasteiger partial charge is 0.488 e. The molecule has 34 heavy (non-hydrogen) atoms. The van der Waals surface area contributed by atoms with Crippen LogP contribution < -0.4 is 10.0 Å². The average Bonchev–Trinajstić information content (AvgIpc) is 2.78. The van der Waals surface area contributed by atoms with Crippen molar-refractivity contribution in [1.29, 1.82) is 0 Å². The van der Waals surface area contributed by atoms with Crippen LogP contribution in [0.4, 0.5) is 0 Å². The first-order valence-electron chi connectivity index (χ1n) is 12.3. The van der Waals surface area contributed by atoms with Crippen LogP contribution in [-0.4, -0.2) is 5.11 Å². The molecular weight excluding hydrogens is 435 g/mol. The summed E-state index contributed by atoms with van der Waals surface area (Å²) in [6, 6.07) is 21.5. The van der Waals surface area contributed by atoms with Gasteiger partial charge in [0, 0.05) is 16.3 Å². The van der Waals surface area contributed by atoms with Gasteiger partial charge in [-0.25, -0.2) is 0 Å². The Morgan fingerprint density at radius 2 is 1.53 bits per heavy atom. The van der Waals surface area contributed by atoms with Crippen LogP contribution in [0.5, 0.6) is 5.75 Å². The number of hydrogen-bond donors (Lipinski definition) is 1. The van der Waals surface area contributed by atoms with E-state index in [9.17, 15) is 5.11 Å². The van der Waals surface area contributed by atoms with Gasteiger partial charge in [0.05, 0.1) is 6.10 Å². The fourth-order valence-electron chi connectivity index (χ4n) is 4.41. The van der Waals surface area contributed by atoms with Gasteiger partial charge in [-0.15, -0.1) is 0 Å². The standard InChI is InChI=1S/C31H41O2P/c1-9-31(8,34-28-16-15-21(2)17-25(28)23(4)32)27-19-22(3)18-26(30(5,6)7)29(27)33-20-24-13-11-10-12-14-24/h10-19,23,32,34H,9,20H2,1-8H3. The molecule has 2 nitrogen and oxygen atoms in total. The van der Waals surface area contributed by atoms with Crippen LogP contribution in [0.1, 0.15) is 87.4 Å². The highest BCUT2D eigenvalue weighted by atomic mass is 31.1. The van der Waals surface area contributed by atoms with Crippen molar-refractivity contribution in [3.05, 3.63) is 94.0 Å². The molecule has 0 aliphatic carbocycles. The van der Waals surface area contributed by atoms with E-state index in [0.29, 0.717) is 15.2 Å². The summed E-state index contributed by atoms with van der Waals surface area (Å²) in [5.74, 6) is 1.02. The Morgan fingerprint density at radius 3 is 2.12 bits per heavy atom. The van der Waals surface area contributed by atoms with Crippen LogP contribution >= 0.6 is 8.58 Å². The SMILES string of the molecule is CCC(C)(Pc1ccc(C)cc1C(C)O)c1cc(C)cc(C(C)(C)C)c1OCc1ccccc1. The number of benzene rings is 3. The van der Waals surface area contributed by atoms with Crippen LogP contribution in [0.15, 0.2) is 60.7 Å². The first-order valence-corrected chi connectivity index (χ1v) is 13.3. The molecule has 3 heteroatoms. The maximum absolute atomic E-state index is 10.5. The van der Waals surface area contributed by atoms with Gasteiger partial charge in [-0.05, 0) is 49.0 Å². The molecule has 3 aromatic carbocycles. The van der Waals surface area contributed by atoms with Crippen molar-refractivity contribution in [2.45, 2.75) is 85.1 Å². The predicted octanol–water partition coefficient (Wildman–Crippen LogP) is 7.86. The quantitative estimate of drug-likeness (QED) is 0.335. The molecule has 0 spiro atoms. The number of rotatable bonds is 8. The van der Waals surface area contributed by atoms with Crippen molar-refractivity contribution in [3.8, 4) is 5.75 Å². The molecule has 0 aliphatic heterocycles. The molecule has 182 valence electrons. The van der Waals surface area contributed by atoms with Gasteiger partial charge in [0.2, 0.25) is 0 Å². The summed E-state index contributed by atoms with van der Waals surface area (Å²) in [6.07, 6.45) is 0.493. The first kappa shape index (κ1) is 26.5. The van der Waals surface area contributed by atoms with Gasteiger partial charge >= 0.3 is 0 Å². The molecule has 0 aromatic heterocycles. The molecule has 3 rings (SSSR count). The monoisotopic (exact) mass is 476 g/mol. The van der Waals surface area contributed by atoms with Crippen molar-refractivity contribution in [2.24, 2.45) is 0 Å². The normalized spacial score (nSPS) is 14.9. The number of ether oxygens (including phenoxy) is 1. The fraction of sp³-hybridized carbons (Fsp3) is 0.419. The Balaban J connectivity index is 2.14. The third-order valence-electron chi connectivity index (χ3n) is 6.64. The van der Waals surface area contributed by atoms with Gasteiger partial charge in [0.15, 0.2) is 0 Å². The molecule has 0 heterocycles. The van der Waals surface area contributed by atoms with Crippen LogP contribution in [0.2, 0.25) is 0 Å². The summed E-state index contributed by atoms with van der Waals surface area (Å²) in [5.41, 5.74) is 7.13. The summed E-state index contributed by atoms with van der Waals surface area (Å²) in [5, 5.41) is 11.6. The molecule has 3 unspecified atom stereocenters. The van der Waals surface area contributed by atoms with Crippen molar-refractivity contribution in [2.75, 3.05) is 0 Å². The second kappa shape index (κ2) is 10.6. The highest BCUT2D eigenvalue weighted by Gasteiger charge is 2.33. The highest BCUT2D eigenvalue weighted by molar-refractivity contribution is 7.48. The van der Waals surface area contributed by atoms with Gasteiger partial charge in [-0.1, -0.05) is 115 Å². The molecule has 0 fully saturated rings.